The number of methoxy groups -OCH3 is 2. The number of hydrogen-bond donors (Lipinski definition) is 1. The number of benzene rings is 2. The third-order valence-corrected chi connectivity index (χ3v) is 5.15. The van der Waals surface area contributed by atoms with E-state index in [0.717, 1.165) is 30.5 Å². The largest absolute Gasteiger partial charge is 0.494 e. The number of morpholine rings is 1. The maximum atomic E-state index is 14.5. The Kier molecular flexibility index (Phi) is 7.04. The lowest BCUT2D eigenvalue weighted by Crippen LogP contribution is -2.36. The minimum absolute atomic E-state index is 0.137. The van der Waals surface area contributed by atoms with Gasteiger partial charge in [-0.1, -0.05) is 6.07 Å². The summed E-state index contributed by atoms with van der Waals surface area (Å²) in [7, 11) is 2.58. The van der Waals surface area contributed by atoms with E-state index in [2.05, 4.69) is 20.2 Å². The summed E-state index contributed by atoms with van der Waals surface area (Å²) in [6.07, 6.45) is 2.85. The first-order valence-electron chi connectivity index (χ1n) is 10.3. The van der Waals surface area contributed by atoms with Gasteiger partial charge in [0.25, 0.3) is 0 Å². The van der Waals surface area contributed by atoms with Crippen molar-refractivity contribution in [1.82, 2.24) is 9.97 Å². The lowest BCUT2D eigenvalue weighted by Gasteiger charge is -2.29. The molecule has 0 unspecified atom stereocenters. The van der Waals surface area contributed by atoms with Crippen molar-refractivity contribution in [3.8, 4) is 17.2 Å². The quantitative estimate of drug-likeness (QED) is 0.544. The number of aromatic nitrogens is 2. The fraction of sp³-hybridized carbons (Fsp3) is 0.304. The molecule has 4 rings (SSSR count). The summed E-state index contributed by atoms with van der Waals surface area (Å²) in [5.74, 6) is -1.36. The Morgan fingerprint density at radius 2 is 1.67 bits per heavy atom. The molecule has 1 aromatic heterocycles. The Labute approximate surface area is 190 Å². The first kappa shape index (κ1) is 22.5. The lowest BCUT2D eigenvalue weighted by atomic mass is 10.1. The van der Waals surface area contributed by atoms with E-state index in [0.29, 0.717) is 19.2 Å². The first-order chi connectivity index (χ1) is 16.1. The number of rotatable bonds is 8. The zero-order valence-corrected chi connectivity index (χ0v) is 18.3. The van der Waals surface area contributed by atoms with E-state index >= 15 is 0 Å². The highest BCUT2D eigenvalue weighted by Crippen LogP contribution is 2.32. The smallest absolute Gasteiger partial charge is 0.227 e. The van der Waals surface area contributed by atoms with Crippen molar-refractivity contribution in [2.75, 3.05) is 50.7 Å². The SMILES string of the molecule is COc1cc(OC)c(F)c(COc2cnc(Nc3cccc(N4CCOCC4)c3)nc2)c1F. The van der Waals surface area contributed by atoms with Crippen LogP contribution < -0.4 is 24.4 Å². The average Bonchev–Trinajstić information content (AvgIpc) is 2.86. The molecule has 0 bridgehead atoms. The maximum absolute atomic E-state index is 14.5. The minimum atomic E-state index is -0.852. The van der Waals surface area contributed by atoms with E-state index in [4.69, 9.17) is 18.9 Å². The summed E-state index contributed by atoms with van der Waals surface area (Å²) >= 11 is 0. The van der Waals surface area contributed by atoms with Crippen molar-refractivity contribution in [2.45, 2.75) is 6.61 Å². The molecule has 174 valence electrons. The normalized spacial score (nSPS) is 13.5. The molecular weight excluding hydrogens is 434 g/mol. The third kappa shape index (κ3) is 5.23. The molecule has 10 heteroatoms. The predicted molar refractivity (Wildman–Crippen MR) is 119 cm³/mol. The summed E-state index contributed by atoms with van der Waals surface area (Å²) in [4.78, 5) is 10.7. The Bertz CT molecular complexity index is 1060. The van der Waals surface area contributed by atoms with Crippen molar-refractivity contribution >= 4 is 17.3 Å². The summed E-state index contributed by atoms with van der Waals surface area (Å²) in [5, 5.41) is 3.14. The van der Waals surface area contributed by atoms with Crippen LogP contribution in [-0.2, 0) is 11.3 Å². The van der Waals surface area contributed by atoms with Crippen LogP contribution >= 0.6 is 0 Å². The molecule has 1 fully saturated rings. The minimum Gasteiger partial charge on any atom is -0.494 e. The molecule has 0 radical (unpaired) electrons. The second-order valence-electron chi connectivity index (χ2n) is 7.19. The van der Waals surface area contributed by atoms with Gasteiger partial charge in [0.2, 0.25) is 5.95 Å². The number of nitrogens with one attached hydrogen (secondary N) is 1. The van der Waals surface area contributed by atoms with Gasteiger partial charge in [-0.25, -0.2) is 18.7 Å². The molecule has 0 saturated carbocycles. The van der Waals surface area contributed by atoms with Gasteiger partial charge in [0.05, 0.1) is 45.4 Å². The van der Waals surface area contributed by atoms with Gasteiger partial charge in [0.1, 0.15) is 6.61 Å². The van der Waals surface area contributed by atoms with Crippen LogP contribution in [0.4, 0.5) is 26.1 Å². The summed E-state index contributed by atoms with van der Waals surface area (Å²) < 4.78 is 49.7. The van der Waals surface area contributed by atoms with E-state index in [9.17, 15) is 8.78 Å². The highest BCUT2D eigenvalue weighted by Gasteiger charge is 2.20. The fourth-order valence-corrected chi connectivity index (χ4v) is 3.41. The molecule has 1 aliphatic rings. The van der Waals surface area contributed by atoms with Gasteiger partial charge in [0.15, 0.2) is 28.9 Å². The van der Waals surface area contributed by atoms with Gasteiger partial charge in [-0.3, -0.25) is 0 Å². The highest BCUT2D eigenvalue weighted by molar-refractivity contribution is 5.62. The molecule has 0 spiro atoms. The maximum Gasteiger partial charge on any atom is 0.227 e. The van der Waals surface area contributed by atoms with Crippen LogP contribution in [0, 0.1) is 11.6 Å². The molecule has 1 saturated heterocycles. The molecule has 2 aromatic carbocycles. The van der Waals surface area contributed by atoms with Gasteiger partial charge in [-0.05, 0) is 18.2 Å². The molecule has 33 heavy (non-hydrogen) atoms. The Morgan fingerprint density at radius 3 is 2.30 bits per heavy atom. The molecule has 1 aliphatic heterocycles. The number of ether oxygens (including phenoxy) is 4. The molecule has 0 aliphatic carbocycles. The Morgan fingerprint density at radius 1 is 1.00 bits per heavy atom. The third-order valence-electron chi connectivity index (χ3n) is 5.15. The van der Waals surface area contributed by atoms with Gasteiger partial charge in [-0.15, -0.1) is 0 Å². The van der Waals surface area contributed by atoms with Gasteiger partial charge in [0, 0.05) is 30.5 Å². The summed E-state index contributed by atoms with van der Waals surface area (Å²) in [5.41, 5.74) is 1.61. The van der Waals surface area contributed by atoms with Gasteiger partial charge < -0.3 is 29.2 Å². The first-order valence-corrected chi connectivity index (χ1v) is 10.3. The fourth-order valence-electron chi connectivity index (χ4n) is 3.41. The summed E-state index contributed by atoms with van der Waals surface area (Å²) in [6.45, 7) is 2.71. The van der Waals surface area contributed by atoms with Crippen molar-refractivity contribution in [2.24, 2.45) is 0 Å². The van der Waals surface area contributed by atoms with Crippen LogP contribution in [0.15, 0.2) is 42.7 Å². The van der Waals surface area contributed by atoms with E-state index in [1.54, 1.807) is 0 Å². The van der Waals surface area contributed by atoms with Crippen LogP contribution in [-0.4, -0.2) is 50.5 Å². The molecule has 0 amide bonds. The highest BCUT2D eigenvalue weighted by atomic mass is 19.1. The van der Waals surface area contributed by atoms with Gasteiger partial charge >= 0.3 is 0 Å². The Balaban J connectivity index is 1.42. The van der Waals surface area contributed by atoms with E-state index in [1.807, 2.05) is 24.3 Å². The van der Waals surface area contributed by atoms with Crippen LogP contribution in [0.25, 0.3) is 0 Å². The van der Waals surface area contributed by atoms with Crippen LogP contribution in [0.2, 0.25) is 0 Å². The lowest BCUT2D eigenvalue weighted by molar-refractivity contribution is 0.122. The monoisotopic (exact) mass is 458 g/mol. The molecule has 0 atom stereocenters. The van der Waals surface area contributed by atoms with Crippen molar-refractivity contribution in [1.29, 1.82) is 0 Å². The summed E-state index contributed by atoms with van der Waals surface area (Å²) in [6, 6.07) is 9.07. The Hall–Kier alpha value is -3.66. The molecular formula is C23H24F2N4O4. The van der Waals surface area contributed by atoms with Crippen LogP contribution in [0.1, 0.15) is 5.56 Å². The molecule has 8 nitrogen and oxygen atoms in total. The number of hydrogen-bond acceptors (Lipinski definition) is 8. The van der Waals surface area contributed by atoms with Crippen LogP contribution in [0.3, 0.4) is 0 Å². The number of anilines is 3. The van der Waals surface area contributed by atoms with Crippen LogP contribution in [0.5, 0.6) is 17.2 Å². The molecule has 3 aromatic rings. The zero-order valence-electron chi connectivity index (χ0n) is 18.3. The van der Waals surface area contributed by atoms with E-state index in [1.165, 1.54) is 26.6 Å². The van der Waals surface area contributed by atoms with E-state index in [-0.39, 0.29) is 29.4 Å². The number of nitrogens with zero attached hydrogens (tertiary/aromatic N) is 3. The second-order valence-corrected chi connectivity index (χ2v) is 7.19. The zero-order chi connectivity index (χ0) is 23.2. The standard InChI is InChI=1S/C23H24F2N4O4/c1-30-19-11-20(31-2)22(25)18(21(19)24)14-33-17-12-26-23(27-13-17)28-15-4-3-5-16(10-15)29-6-8-32-9-7-29/h3-5,10-13H,6-9,14H2,1-2H3,(H,26,27,28). The van der Waals surface area contributed by atoms with Crippen molar-refractivity contribution in [3.63, 3.8) is 0 Å². The molecule has 2 heterocycles. The average molecular weight is 458 g/mol. The van der Waals surface area contributed by atoms with Crippen molar-refractivity contribution < 1.29 is 27.7 Å². The van der Waals surface area contributed by atoms with Gasteiger partial charge in [-0.2, -0.15) is 0 Å². The topological polar surface area (TPSA) is 78.0 Å². The molecule has 1 N–H and O–H groups in total. The van der Waals surface area contributed by atoms with Crippen molar-refractivity contribution in [3.05, 3.63) is 59.9 Å². The number of halogens is 2. The van der Waals surface area contributed by atoms with E-state index < -0.39 is 11.6 Å². The second kappa shape index (κ2) is 10.3. The predicted octanol–water partition coefficient (Wildman–Crippen LogP) is 3.93.